The molecule has 0 amide bonds. The number of hydrogen-bond acceptors (Lipinski definition) is 4. The van der Waals surface area contributed by atoms with E-state index in [0.717, 1.165) is 15.8 Å². The zero-order chi connectivity index (χ0) is 13.7. The van der Waals surface area contributed by atoms with Gasteiger partial charge in [-0.15, -0.1) is 0 Å². The molecule has 2 rings (SSSR count). The number of aromatic nitrogens is 2. The first kappa shape index (κ1) is 13.6. The highest BCUT2D eigenvalue weighted by Gasteiger charge is 2.04. The Bertz CT molecular complexity index is 603. The fourth-order valence-corrected chi connectivity index (χ4v) is 2.05. The van der Waals surface area contributed by atoms with Crippen LogP contribution in [0.3, 0.4) is 0 Å². The summed E-state index contributed by atoms with van der Waals surface area (Å²) in [5.74, 6) is 0. The Morgan fingerprint density at radius 3 is 3.05 bits per heavy atom. The van der Waals surface area contributed by atoms with Gasteiger partial charge in [0, 0.05) is 17.8 Å². The fourth-order valence-electron chi connectivity index (χ4n) is 1.58. The Hall–Kier alpha value is -1.84. The molecule has 0 spiro atoms. The molecule has 2 aromatic rings. The molecule has 0 radical (unpaired) electrons. The molecule has 0 atom stereocenters. The number of nitrogens with zero attached hydrogens (tertiary/aromatic N) is 3. The lowest BCUT2D eigenvalue weighted by atomic mass is 10.2. The van der Waals surface area contributed by atoms with E-state index < -0.39 is 0 Å². The van der Waals surface area contributed by atoms with Crippen LogP contribution in [0.4, 0.5) is 11.4 Å². The predicted octanol–water partition coefficient (Wildman–Crippen LogP) is 2.91. The van der Waals surface area contributed by atoms with Crippen molar-refractivity contribution in [1.29, 1.82) is 5.26 Å². The first-order valence-corrected chi connectivity index (χ1v) is 6.50. The summed E-state index contributed by atoms with van der Waals surface area (Å²) in [7, 11) is 1.66. The SMILES string of the molecule is COCCn1cc(Nc2ccc(C#N)cc2Br)cn1. The quantitative estimate of drug-likeness (QED) is 0.920. The van der Waals surface area contributed by atoms with Crippen LogP contribution in [-0.2, 0) is 11.3 Å². The van der Waals surface area contributed by atoms with E-state index in [2.05, 4.69) is 32.4 Å². The fraction of sp³-hybridized carbons (Fsp3) is 0.231. The molecule has 1 aromatic heterocycles. The number of hydrogen-bond donors (Lipinski definition) is 1. The van der Waals surface area contributed by atoms with E-state index in [4.69, 9.17) is 10.00 Å². The molecule has 5 nitrogen and oxygen atoms in total. The normalized spacial score (nSPS) is 10.2. The Balaban J connectivity index is 2.09. The van der Waals surface area contributed by atoms with E-state index in [-0.39, 0.29) is 0 Å². The monoisotopic (exact) mass is 320 g/mol. The number of ether oxygens (including phenoxy) is 1. The molecular formula is C13H13BrN4O. The zero-order valence-electron chi connectivity index (χ0n) is 10.4. The number of methoxy groups -OCH3 is 1. The number of anilines is 2. The second-order valence-electron chi connectivity index (χ2n) is 3.92. The van der Waals surface area contributed by atoms with E-state index in [0.29, 0.717) is 18.7 Å². The minimum Gasteiger partial charge on any atom is -0.383 e. The van der Waals surface area contributed by atoms with Gasteiger partial charge in [0.1, 0.15) is 0 Å². The van der Waals surface area contributed by atoms with E-state index in [1.165, 1.54) is 0 Å². The molecule has 0 fully saturated rings. The molecule has 98 valence electrons. The van der Waals surface area contributed by atoms with Crippen LogP contribution in [-0.4, -0.2) is 23.5 Å². The van der Waals surface area contributed by atoms with Crippen molar-refractivity contribution in [3.05, 3.63) is 40.6 Å². The van der Waals surface area contributed by atoms with Gasteiger partial charge in [-0.25, -0.2) is 0 Å². The lowest BCUT2D eigenvalue weighted by Gasteiger charge is -2.06. The van der Waals surface area contributed by atoms with Crippen LogP contribution in [0.2, 0.25) is 0 Å². The van der Waals surface area contributed by atoms with E-state index in [1.807, 2.05) is 16.9 Å². The standard InChI is InChI=1S/C13H13BrN4O/c1-19-5-4-18-9-11(8-16-18)17-13-3-2-10(7-15)6-12(13)14/h2-3,6,8-9,17H,4-5H2,1H3. The van der Waals surface area contributed by atoms with Crippen molar-refractivity contribution in [1.82, 2.24) is 9.78 Å². The molecule has 19 heavy (non-hydrogen) atoms. The van der Waals surface area contributed by atoms with Gasteiger partial charge in [0.25, 0.3) is 0 Å². The summed E-state index contributed by atoms with van der Waals surface area (Å²) in [6.45, 7) is 1.34. The molecule has 0 unspecified atom stereocenters. The maximum absolute atomic E-state index is 8.81. The van der Waals surface area contributed by atoms with Gasteiger partial charge in [-0.1, -0.05) is 0 Å². The molecule has 6 heteroatoms. The van der Waals surface area contributed by atoms with Crippen LogP contribution in [0.5, 0.6) is 0 Å². The van der Waals surface area contributed by atoms with Gasteiger partial charge >= 0.3 is 0 Å². The molecule has 0 saturated heterocycles. The summed E-state index contributed by atoms with van der Waals surface area (Å²) in [6.07, 6.45) is 3.66. The summed E-state index contributed by atoms with van der Waals surface area (Å²) in [4.78, 5) is 0. The number of rotatable bonds is 5. The minimum absolute atomic E-state index is 0.619. The van der Waals surface area contributed by atoms with Crippen LogP contribution in [0.1, 0.15) is 5.56 Å². The number of nitriles is 1. The molecule has 0 saturated carbocycles. The van der Waals surface area contributed by atoms with Crippen LogP contribution < -0.4 is 5.32 Å². The van der Waals surface area contributed by atoms with Gasteiger partial charge in [0.15, 0.2) is 0 Å². The molecule has 1 aromatic carbocycles. The highest BCUT2D eigenvalue weighted by molar-refractivity contribution is 9.10. The van der Waals surface area contributed by atoms with Crippen LogP contribution >= 0.6 is 15.9 Å². The van der Waals surface area contributed by atoms with Gasteiger partial charge in [-0.05, 0) is 34.1 Å². The highest BCUT2D eigenvalue weighted by atomic mass is 79.9. The van der Waals surface area contributed by atoms with Crippen LogP contribution in [0.25, 0.3) is 0 Å². The lowest BCUT2D eigenvalue weighted by molar-refractivity contribution is 0.183. The van der Waals surface area contributed by atoms with Crippen molar-refractivity contribution in [2.24, 2.45) is 0 Å². The Morgan fingerprint density at radius 2 is 2.37 bits per heavy atom. The van der Waals surface area contributed by atoms with E-state index >= 15 is 0 Å². The third kappa shape index (κ3) is 3.56. The topological polar surface area (TPSA) is 62.9 Å². The van der Waals surface area contributed by atoms with Crippen LogP contribution in [0, 0.1) is 11.3 Å². The van der Waals surface area contributed by atoms with E-state index in [9.17, 15) is 0 Å². The predicted molar refractivity (Wildman–Crippen MR) is 76.2 cm³/mol. The van der Waals surface area contributed by atoms with Crippen molar-refractivity contribution in [2.75, 3.05) is 19.0 Å². The molecule has 0 bridgehead atoms. The molecule has 1 N–H and O–H groups in total. The Labute approximate surface area is 119 Å². The smallest absolute Gasteiger partial charge is 0.0992 e. The van der Waals surface area contributed by atoms with Gasteiger partial charge in [-0.3, -0.25) is 4.68 Å². The number of nitrogens with one attached hydrogen (secondary N) is 1. The van der Waals surface area contributed by atoms with Gasteiger partial charge in [0.2, 0.25) is 0 Å². The third-order valence-electron chi connectivity index (χ3n) is 2.53. The zero-order valence-corrected chi connectivity index (χ0v) is 12.0. The van der Waals surface area contributed by atoms with Gasteiger partial charge in [-0.2, -0.15) is 10.4 Å². The first-order valence-electron chi connectivity index (χ1n) is 5.71. The second kappa shape index (κ2) is 6.36. The highest BCUT2D eigenvalue weighted by Crippen LogP contribution is 2.26. The molecular weight excluding hydrogens is 308 g/mol. The molecule has 0 aliphatic carbocycles. The summed E-state index contributed by atoms with van der Waals surface area (Å²) in [5, 5.41) is 16.3. The molecule has 1 heterocycles. The van der Waals surface area contributed by atoms with Crippen molar-refractivity contribution in [2.45, 2.75) is 6.54 Å². The maximum Gasteiger partial charge on any atom is 0.0992 e. The van der Waals surface area contributed by atoms with Gasteiger partial charge < -0.3 is 10.1 Å². The van der Waals surface area contributed by atoms with Crippen molar-refractivity contribution >= 4 is 27.3 Å². The van der Waals surface area contributed by atoms with Gasteiger partial charge in [0.05, 0.1) is 42.4 Å². The average molecular weight is 321 g/mol. The third-order valence-corrected chi connectivity index (χ3v) is 3.19. The Morgan fingerprint density at radius 1 is 1.53 bits per heavy atom. The molecule has 0 aliphatic heterocycles. The number of halogens is 1. The van der Waals surface area contributed by atoms with Crippen molar-refractivity contribution in [3.8, 4) is 6.07 Å². The van der Waals surface area contributed by atoms with E-state index in [1.54, 1.807) is 25.4 Å². The molecule has 0 aliphatic rings. The largest absolute Gasteiger partial charge is 0.383 e. The maximum atomic E-state index is 8.81. The van der Waals surface area contributed by atoms with Crippen molar-refractivity contribution in [3.63, 3.8) is 0 Å². The summed E-state index contributed by atoms with van der Waals surface area (Å²) >= 11 is 3.43. The summed E-state index contributed by atoms with van der Waals surface area (Å²) in [6, 6.07) is 7.50. The average Bonchev–Trinajstić information content (AvgIpc) is 2.86. The second-order valence-corrected chi connectivity index (χ2v) is 4.77. The summed E-state index contributed by atoms with van der Waals surface area (Å²) < 4.78 is 7.65. The lowest BCUT2D eigenvalue weighted by Crippen LogP contribution is -2.03. The summed E-state index contributed by atoms with van der Waals surface area (Å²) in [5.41, 5.74) is 2.40. The minimum atomic E-state index is 0.619. The first-order chi connectivity index (χ1) is 9.22. The van der Waals surface area contributed by atoms with Crippen molar-refractivity contribution < 1.29 is 4.74 Å². The van der Waals surface area contributed by atoms with Crippen LogP contribution in [0.15, 0.2) is 35.1 Å². The Kier molecular flexibility index (Phi) is 4.55. The number of benzene rings is 1.